The molecule has 0 aromatic heterocycles. The van der Waals surface area contributed by atoms with E-state index in [0.717, 1.165) is 24.9 Å². The van der Waals surface area contributed by atoms with Crippen LogP contribution in [-0.2, 0) is 4.79 Å². The zero-order valence-electron chi connectivity index (χ0n) is 13.5. The van der Waals surface area contributed by atoms with Crippen molar-refractivity contribution in [2.45, 2.75) is 64.3 Å². The number of anilines is 1. The summed E-state index contributed by atoms with van der Waals surface area (Å²) in [5.41, 5.74) is 2.09. The van der Waals surface area contributed by atoms with Crippen LogP contribution >= 0.6 is 12.2 Å². The SMILES string of the molecule is CC[C@@H](C)c1ccc(NC(=O)C(=S)NC2CCCCC2)cc1. The van der Waals surface area contributed by atoms with Gasteiger partial charge in [0, 0.05) is 11.7 Å². The summed E-state index contributed by atoms with van der Waals surface area (Å²) in [6.45, 7) is 4.38. The molecule has 2 rings (SSSR count). The quantitative estimate of drug-likeness (QED) is 0.809. The molecule has 1 fully saturated rings. The number of hydrogen-bond donors (Lipinski definition) is 2. The second kappa shape index (κ2) is 8.28. The number of benzene rings is 1. The van der Waals surface area contributed by atoms with Gasteiger partial charge in [-0.25, -0.2) is 0 Å². The van der Waals surface area contributed by atoms with E-state index in [0.29, 0.717) is 16.9 Å². The Morgan fingerprint density at radius 2 is 1.86 bits per heavy atom. The maximum Gasteiger partial charge on any atom is 0.283 e. The lowest BCUT2D eigenvalue weighted by molar-refractivity contribution is -0.110. The average molecular weight is 318 g/mol. The summed E-state index contributed by atoms with van der Waals surface area (Å²) < 4.78 is 0. The summed E-state index contributed by atoms with van der Waals surface area (Å²) in [4.78, 5) is 12.4. The van der Waals surface area contributed by atoms with Gasteiger partial charge in [0.25, 0.3) is 5.91 Å². The molecule has 1 atom stereocenters. The van der Waals surface area contributed by atoms with E-state index in [9.17, 15) is 4.79 Å². The minimum atomic E-state index is -0.211. The van der Waals surface area contributed by atoms with Crippen LogP contribution in [0.2, 0.25) is 0 Å². The minimum Gasteiger partial charge on any atom is -0.369 e. The first kappa shape index (κ1) is 16.9. The maximum atomic E-state index is 12.1. The molecule has 1 aromatic rings. The Labute approximate surface area is 138 Å². The Balaban J connectivity index is 1.86. The molecule has 0 bridgehead atoms. The lowest BCUT2D eigenvalue weighted by Crippen LogP contribution is -2.41. The smallest absolute Gasteiger partial charge is 0.283 e. The lowest BCUT2D eigenvalue weighted by atomic mass is 9.95. The Kier molecular flexibility index (Phi) is 6.37. The third kappa shape index (κ3) is 4.80. The molecule has 2 N–H and O–H groups in total. The van der Waals surface area contributed by atoms with E-state index in [1.54, 1.807) is 0 Å². The van der Waals surface area contributed by atoms with Gasteiger partial charge in [0.05, 0.1) is 0 Å². The van der Waals surface area contributed by atoms with E-state index in [1.807, 2.05) is 12.1 Å². The molecule has 4 heteroatoms. The van der Waals surface area contributed by atoms with E-state index in [-0.39, 0.29) is 5.91 Å². The molecule has 1 amide bonds. The first-order valence-corrected chi connectivity index (χ1v) is 8.72. The summed E-state index contributed by atoms with van der Waals surface area (Å²) in [6.07, 6.45) is 7.06. The third-order valence-electron chi connectivity index (χ3n) is 4.50. The Morgan fingerprint density at radius 1 is 1.23 bits per heavy atom. The largest absolute Gasteiger partial charge is 0.369 e. The number of carbonyl (C=O) groups is 1. The molecule has 0 aliphatic heterocycles. The molecule has 0 unspecified atom stereocenters. The van der Waals surface area contributed by atoms with Crippen molar-refractivity contribution in [3.8, 4) is 0 Å². The molecule has 120 valence electrons. The first-order chi connectivity index (χ1) is 10.6. The van der Waals surface area contributed by atoms with Crippen molar-refractivity contribution < 1.29 is 4.79 Å². The maximum absolute atomic E-state index is 12.1. The van der Waals surface area contributed by atoms with Crippen LogP contribution in [-0.4, -0.2) is 16.9 Å². The Morgan fingerprint density at radius 3 is 2.45 bits per heavy atom. The van der Waals surface area contributed by atoms with E-state index >= 15 is 0 Å². The van der Waals surface area contributed by atoms with Crippen molar-refractivity contribution in [2.75, 3.05) is 5.32 Å². The van der Waals surface area contributed by atoms with Crippen LogP contribution in [0.1, 0.15) is 63.9 Å². The molecular weight excluding hydrogens is 292 g/mol. The van der Waals surface area contributed by atoms with Crippen LogP contribution in [0, 0.1) is 0 Å². The van der Waals surface area contributed by atoms with Gasteiger partial charge in [0.1, 0.15) is 0 Å². The summed E-state index contributed by atoms with van der Waals surface area (Å²) in [5.74, 6) is 0.329. The molecule has 3 nitrogen and oxygen atoms in total. The van der Waals surface area contributed by atoms with Crippen LogP contribution in [0.15, 0.2) is 24.3 Å². The monoisotopic (exact) mass is 318 g/mol. The second-order valence-corrected chi connectivity index (χ2v) is 6.60. The Hall–Kier alpha value is -1.42. The van der Waals surface area contributed by atoms with Gasteiger partial charge in [0.2, 0.25) is 0 Å². The fourth-order valence-corrected chi connectivity index (χ4v) is 3.03. The predicted octanol–water partition coefficient (Wildman–Crippen LogP) is 4.39. The van der Waals surface area contributed by atoms with Gasteiger partial charge in [-0.3, -0.25) is 4.79 Å². The average Bonchev–Trinajstić information content (AvgIpc) is 2.55. The van der Waals surface area contributed by atoms with Crippen LogP contribution in [0.5, 0.6) is 0 Å². The van der Waals surface area contributed by atoms with Crippen molar-refractivity contribution in [2.24, 2.45) is 0 Å². The van der Waals surface area contributed by atoms with Gasteiger partial charge in [0.15, 0.2) is 4.99 Å². The van der Waals surface area contributed by atoms with Crippen molar-refractivity contribution in [3.63, 3.8) is 0 Å². The molecule has 1 aliphatic carbocycles. The molecule has 0 saturated heterocycles. The van der Waals surface area contributed by atoms with Gasteiger partial charge in [-0.2, -0.15) is 0 Å². The van der Waals surface area contributed by atoms with Crippen molar-refractivity contribution in [1.29, 1.82) is 0 Å². The van der Waals surface area contributed by atoms with Crippen LogP contribution in [0.25, 0.3) is 0 Å². The number of nitrogens with one attached hydrogen (secondary N) is 2. The molecule has 0 radical (unpaired) electrons. The summed E-state index contributed by atoms with van der Waals surface area (Å²) in [6, 6.07) is 8.40. The Bertz CT molecular complexity index is 506. The minimum absolute atomic E-state index is 0.211. The molecule has 1 saturated carbocycles. The molecule has 22 heavy (non-hydrogen) atoms. The highest BCUT2D eigenvalue weighted by atomic mass is 32.1. The van der Waals surface area contributed by atoms with Gasteiger partial charge in [-0.15, -0.1) is 0 Å². The van der Waals surface area contributed by atoms with E-state index in [1.165, 1.54) is 24.8 Å². The number of hydrogen-bond acceptors (Lipinski definition) is 2. The third-order valence-corrected chi connectivity index (χ3v) is 4.80. The van der Waals surface area contributed by atoms with Crippen LogP contribution in [0.4, 0.5) is 5.69 Å². The first-order valence-electron chi connectivity index (χ1n) is 8.32. The van der Waals surface area contributed by atoms with E-state index in [4.69, 9.17) is 12.2 Å². The van der Waals surface area contributed by atoms with Crippen molar-refractivity contribution >= 4 is 28.8 Å². The van der Waals surface area contributed by atoms with Gasteiger partial charge < -0.3 is 10.6 Å². The fourth-order valence-electron chi connectivity index (χ4n) is 2.82. The number of carbonyl (C=O) groups excluding carboxylic acids is 1. The number of rotatable bonds is 4. The molecular formula is C18H26N2OS. The van der Waals surface area contributed by atoms with Crippen molar-refractivity contribution in [1.82, 2.24) is 5.32 Å². The highest BCUT2D eigenvalue weighted by Gasteiger charge is 2.17. The lowest BCUT2D eigenvalue weighted by Gasteiger charge is -2.23. The predicted molar refractivity (Wildman–Crippen MR) is 96.4 cm³/mol. The summed E-state index contributed by atoms with van der Waals surface area (Å²) in [5, 5.41) is 6.07. The van der Waals surface area contributed by atoms with Gasteiger partial charge >= 0.3 is 0 Å². The molecule has 0 spiro atoms. The summed E-state index contributed by atoms with van der Waals surface area (Å²) in [7, 11) is 0. The molecule has 1 aromatic carbocycles. The number of amides is 1. The zero-order chi connectivity index (χ0) is 15.9. The van der Waals surface area contributed by atoms with E-state index < -0.39 is 0 Å². The van der Waals surface area contributed by atoms with Gasteiger partial charge in [-0.05, 0) is 42.9 Å². The molecule has 1 aliphatic rings. The highest BCUT2D eigenvalue weighted by Crippen LogP contribution is 2.20. The topological polar surface area (TPSA) is 41.1 Å². The zero-order valence-corrected chi connectivity index (χ0v) is 14.3. The summed E-state index contributed by atoms with van der Waals surface area (Å²) >= 11 is 5.22. The van der Waals surface area contributed by atoms with E-state index in [2.05, 4.69) is 36.6 Å². The standard InChI is InChI=1S/C18H26N2OS/c1-3-13(2)14-9-11-16(12-10-14)19-17(21)18(22)20-15-7-5-4-6-8-15/h9-13,15H,3-8H2,1-2H3,(H,19,21)(H,20,22)/t13-/m1/s1. The van der Waals surface area contributed by atoms with Crippen LogP contribution < -0.4 is 10.6 Å². The number of thiocarbonyl (C=S) groups is 1. The normalized spacial score (nSPS) is 16.8. The van der Waals surface area contributed by atoms with Gasteiger partial charge in [-0.1, -0.05) is 57.5 Å². The highest BCUT2D eigenvalue weighted by molar-refractivity contribution is 7.82. The second-order valence-electron chi connectivity index (χ2n) is 6.19. The fraction of sp³-hybridized carbons (Fsp3) is 0.556. The molecule has 0 heterocycles. The van der Waals surface area contributed by atoms with Crippen molar-refractivity contribution in [3.05, 3.63) is 29.8 Å². The van der Waals surface area contributed by atoms with Crippen LogP contribution in [0.3, 0.4) is 0 Å².